The van der Waals surface area contributed by atoms with Crippen LogP contribution in [0, 0.1) is 5.92 Å². The van der Waals surface area contributed by atoms with E-state index in [0.29, 0.717) is 25.6 Å². The van der Waals surface area contributed by atoms with Crippen molar-refractivity contribution in [3.8, 4) is 11.8 Å². The molecule has 3 aromatic rings. The van der Waals surface area contributed by atoms with E-state index >= 15 is 0 Å². The number of methoxy groups -OCH3 is 2. The third kappa shape index (κ3) is 7.08. The highest BCUT2D eigenvalue weighted by molar-refractivity contribution is 5.96. The molecule has 1 saturated heterocycles. The van der Waals surface area contributed by atoms with Crippen molar-refractivity contribution in [2.45, 2.75) is 33.2 Å². The van der Waals surface area contributed by atoms with Gasteiger partial charge in [0.15, 0.2) is 0 Å². The number of nitrogens with one attached hydrogen (secondary N) is 1. The molecule has 0 saturated carbocycles. The predicted octanol–water partition coefficient (Wildman–Crippen LogP) is 4.30. The zero-order chi connectivity index (χ0) is 29.4. The standard InChI is InChI=1S/C26H29N5O3.C6H15N/c1-4-24(32)29-11-13-30(14-12-29)25-21-9-10-31(17-22(21)27-26(28-25)34-3)23-16-19(33-2)15-18-7-5-6-8-20(18)23;1-4-6(2)5-7-3/h4-8,15-16H,1,9-14,17H2,2-3H3;6-7H,4-5H2,1-3H3. The Labute approximate surface area is 244 Å². The highest BCUT2D eigenvalue weighted by atomic mass is 16.5. The maximum Gasteiger partial charge on any atom is 0.318 e. The SMILES string of the molecule is C=CC(=O)N1CCN(c2nc(OC)nc3c2CCN(c2cc(OC)cc4ccccc24)C3)CC1.CCC(C)CNC. The normalized spacial score (nSPS) is 15.5. The van der Waals surface area contributed by atoms with Gasteiger partial charge in [0, 0.05) is 55.4 Å². The number of amides is 1. The number of nitrogens with zero attached hydrogens (tertiary/aromatic N) is 5. The van der Waals surface area contributed by atoms with E-state index in [1.54, 1.807) is 14.2 Å². The monoisotopic (exact) mass is 560 g/mol. The Balaban J connectivity index is 0.000000493. The quantitative estimate of drug-likeness (QED) is 0.409. The van der Waals surface area contributed by atoms with E-state index in [1.807, 2.05) is 18.0 Å². The molecular weight excluding hydrogens is 516 g/mol. The molecule has 2 aromatic carbocycles. The maximum absolute atomic E-state index is 12.0. The van der Waals surface area contributed by atoms with Crippen molar-refractivity contribution in [1.29, 1.82) is 0 Å². The van der Waals surface area contributed by atoms with Crippen LogP contribution in [0.4, 0.5) is 11.5 Å². The highest BCUT2D eigenvalue weighted by Crippen LogP contribution is 2.36. The number of hydrogen-bond donors (Lipinski definition) is 1. The fourth-order valence-electron chi connectivity index (χ4n) is 5.35. The summed E-state index contributed by atoms with van der Waals surface area (Å²) in [7, 11) is 5.29. The first-order valence-electron chi connectivity index (χ1n) is 14.5. The summed E-state index contributed by atoms with van der Waals surface area (Å²) in [5, 5.41) is 5.46. The smallest absolute Gasteiger partial charge is 0.318 e. The summed E-state index contributed by atoms with van der Waals surface area (Å²) in [6, 6.07) is 12.9. The number of hydrogen-bond acceptors (Lipinski definition) is 8. The van der Waals surface area contributed by atoms with Crippen molar-refractivity contribution in [1.82, 2.24) is 20.2 Å². The van der Waals surface area contributed by atoms with E-state index in [-0.39, 0.29) is 5.91 Å². The molecule has 9 heteroatoms. The summed E-state index contributed by atoms with van der Waals surface area (Å²) in [5.74, 6) is 2.57. The molecule has 2 aliphatic rings. The second-order valence-corrected chi connectivity index (χ2v) is 10.6. The van der Waals surface area contributed by atoms with Crippen LogP contribution >= 0.6 is 0 Å². The Morgan fingerprint density at radius 3 is 2.46 bits per heavy atom. The van der Waals surface area contributed by atoms with Crippen LogP contribution in [0.25, 0.3) is 10.8 Å². The van der Waals surface area contributed by atoms with Crippen molar-refractivity contribution in [2.24, 2.45) is 5.92 Å². The van der Waals surface area contributed by atoms with Crippen LogP contribution in [0.2, 0.25) is 0 Å². The van der Waals surface area contributed by atoms with E-state index in [0.717, 1.165) is 72.4 Å². The van der Waals surface area contributed by atoms with Crippen LogP contribution < -0.4 is 24.6 Å². The summed E-state index contributed by atoms with van der Waals surface area (Å²) in [4.78, 5) is 27.9. The molecule has 0 radical (unpaired) electrons. The number of piperazine rings is 1. The number of fused-ring (bicyclic) bond motifs is 2. The summed E-state index contributed by atoms with van der Waals surface area (Å²) < 4.78 is 11.0. The van der Waals surface area contributed by atoms with Crippen molar-refractivity contribution in [3.63, 3.8) is 0 Å². The minimum atomic E-state index is -0.0249. The van der Waals surface area contributed by atoms with Crippen LogP contribution in [0.1, 0.15) is 31.5 Å². The summed E-state index contributed by atoms with van der Waals surface area (Å²) in [5.41, 5.74) is 3.27. The minimum absolute atomic E-state index is 0.0249. The Morgan fingerprint density at radius 1 is 1.07 bits per heavy atom. The predicted molar refractivity (Wildman–Crippen MR) is 166 cm³/mol. The van der Waals surface area contributed by atoms with Crippen molar-refractivity contribution >= 4 is 28.2 Å². The molecule has 41 heavy (non-hydrogen) atoms. The van der Waals surface area contributed by atoms with E-state index in [4.69, 9.17) is 19.4 Å². The van der Waals surface area contributed by atoms with E-state index < -0.39 is 0 Å². The lowest BCUT2D eigenvalue weighted by Crippen LogP contribution is -2.49. The van der Waals surface area contributed by atoms with E-state index in [2.05, 4.69) is 65.9 Å². The lowest BCUT2D eigenvalue weighted by molar-refractivity contribution is -0.126. The Hall–Kier alpha value is -3.85. The molecule has 1 aromatic heterocycles. The number of benzene rings is 2. The van der Waals surface area contributed by atoms with Crippen LogP contribution in [-0.2, 0) is 17.8 Å². The Morgan fingerprint density at radius 2 is 1.83 bits per heavy atom. The molecule has 1 N–H and O–H groups in total. The Kier molecular flexibility index (Phi) is 10.4. The zero-order valence-corrected chi connectivity index (χ0v) is 25.2. The summed E-state index contributed by atoms with van der Waals surface area (Å²) in [6.07, 6.45) is 3.48. The fourth-order valence-corrected chi connectivity index (χ4v) is 5.35. The van der Waals surface area contributed by atoms with E-state index in [1.165, 1.54) is 17.9 Å². The number of rotatable bonds is 8. The van der Waals surface area contributed by atoms with E-state index in [9.17, 15) is 4.79 Å². The first-order chi connectivity index (χ1) is 19.9. The molecule has 5 rings (SSSR count). The lowest BCUT2D eigenvalue weighted by atomic mass is 10.0. The van der Waals surface area contributed by atoms with Gasteiger partial charge in [-0.3, -0.25) is 4.79 Å². The van der Waals surface area contributed by atoms with Crippen molar-refractivity contribution in [2.75, 3.05) is 70.3 Å². The first kappa shape index (κ1) is 30.1. The van der Waals surface area contributed by atoms with Gasteiger partial charge in [-0.1, -0.05) is 51.1 Å². The van der Waals surface area contributed by atoms with Crippen LogP contribution in [0.3, 0.4) is 0 Å². The fraction of sp³-hybridized carbons (Fsp3) is 0.469. The van der Waals surface area contributed by atoms with Gasteiger partial charge in [-0.2, -0.15) is 9.97 Å². The lowest BCUT2D eigenvalue weighted by Gasteiger charge is -2.38. The second kappa shape index (κ2) is 14.2. The van der Waals surface area contributed by atoms with Crippen LogP contribution in [0.5, 0.6) is 11.8 Å². The molecule has 220 valence electrons. The summed E-state index contributed by atoms with van der Waals surface area (Å²) >= 11 is 0. The molecule has 0 aliphatic carbocycles. The Bertz CT molecular complexity index is 1340. The molecule has 1 amide bonds. The van der Waals surface area contributed by atoms with Gasteiger partial charge in [0.1, 0.15) is 11.6 Å². The van der Waals surface area contributed by atoms with Gasteiger partial charge in [-0.05, 0) is 43.5 Å². The summed E-state index contributed by atoms with van der Waals surface area (Å²) in [6.45, 7) is 13.4. The minimum Gasteiger partial charge on any atom is -0.497 e. The second-order valence-electron chi connectivity index (χ2n) is 10.6. The zero-order valence-electron chi connectivity index (χ0n) is 25.2. The number of ether oxygens (including phenoxy) is 2. The number of carbonyl (C=O) groups excluding carboxylic acids is 1. The van der Waals surface area contributed by atoms with Gasteiger partial charge in [0.25, 0.3) is 0 Å². The topological polar surface area (TPSA) is 83.1 Å². The number of aromatic nitrogens is 2. The maximum atomic E-state index is 12.0. The van der Waals surface area contributed by atoms with Crippen LogP contribution in [-0.4, -0.2) is 81.3 Å². The van der Waals surface area contributed by atoms with Gasteiger partial charge in [-0.25, -0.2) is 0 Å². The molecule has 0 spiro atoms. The van der Waals surface area contributed by atoms with Gasteiger partial charge in [0.2, 0.25) is 5.91 Å². The van der Waals surface area contributed by atoms with Gasteiger partial charge >= 0.3 is 6.01 Å². The molecular formula is C32H44N6O3. The third-order valence-electron chi connectivity index (χ3n) is 7.91. The van der Waals surface area contributed by atoms with Crippen molar-refractivity contribution in [3.05, 3.63) is 60.3 Å². The molecule has 1 fully saturated rings. The number of carbonyl (C=O) groups is 1. The van der Waals surface area contributed by atoms with Crippen molar-refractivity contribution < 1.29 is 14.3 Å². The largest absolute Gasteiger partial charge is 0.497 e. The molecule has 9 nitrogen and oxygen atoms in total. The highest BCUT2D eigenvalue weighted by Gasteiger charge is 2.29. The van der Waals surface area contributed by atoms with Gasteiger partial charge < -0.3 is 29.5 Å². The molecule has 1 unspecified atom stereocenters. The first-order valence-corrected chi connectivity index (χ1v) is 14.5. The molecule has 3 heterocycles. The number of anilines is 2. The molecule has 0 bridgehead atoms. The van der Waals surface area contributed by atoms with Crippen LogP contribution in [0.15, 0.2) is 49.1 Å². The average molecular weight is 561 g/mol. The van der Waals surface area contributed by atoms with Gasteiger partial charge in [-0.15, -0.1) is 0 Å². The van der Waals surface area contributed by atoms with Gasteiger partial charge in [0.05, 0.1) is 26.5 Å². The average Bonchev–Trinajstić information content (AvgIpc) is 3.03. The molecule has 2 aliphatic heterocycles. The molecule has 1 atom stereocenters. The third-order valence-corrected chi connectivity index (χ3v) is 7.91.